The zero-order chi connectivity index (χ0) is 20.8. The summed E-state index contributed by atoms with van der Waals surface area (Å²) in [4.78, 5) is 12.9. The number of rotatable bonds is 3. The van der Waals surface area contributed by atoms with Gasteiger partial charge in [-0.2, -0.15) is 0 Å². The van der Waals surface area contributed by atoms with Gasteiger partial charge in [-0.3, -0.25) is 0 Å². The molecule has 7 heteroatoms. The van der Waals surface area contributed by atoms with Crippen molar-refractivity contribution in [3.05, 3.63) is 58.1 Å². The predicted molar refractivity (Wildman–Crippen MR) is 114 cm³/mol. The van der Waals surface area contributed by atoms with Gasteiger partial charge in [0.25, 0.3) is 0 Å². The van der Waals surface area contributed by atoms with Crippen molar-refractivity contribution in [1.29, 1.82) is 0 Å². The van der Waals surface area contributed by atoms with Crippen molar-refractivity contribution < 1.29 is 14.1 Å². The standard InChI is InChI=1S/C22H27N3O3S/c1-22(2,27)16-8-5-9-17(13-16)29(23,28)25-21(26)24-20-18-10-3-6-14(18)12-15-7-4-11-19(15)20/h5,8-9,12-13,27H,3-4,6-7,10-11H2,1-2H3,(H3,23,24,25,26,28)/t29-/m0/s1. The van der Waals surface area contributed by atoms with E-state index in [1.54, 1.807) is 32.0 Å². The lowest BCUT2D eigenvalue weighted by Gasteiger charge is -2.18. The van der Waals surface area contributed by atoms with Crippen LogP contribution in [0.2, 0.25) is 0 Å². The smallest absolute Gasteiger partial charge is 0.354 e. The number of carbonyl (C=O) groups excluding carboxylic acids is 1. The quantitative estimate of drug-likeness (QED) is 0.712. The first-order valence-electron chi connectivity index (χ1n) is 10.0. The number of aliphatic hydroxyl groups is 1. The van der Waals surface area contributed by atoms with Gasteiger partial charge < -0.3 is 10.4 Å². The van der Waals surface area contributed by atoms with Crippen molar-refractivity contribution >= 4 is 21.6 Å². The molecule has 0 aromatic heterocycles. The van der Waals surface area contributed by atoms with E-state index in [0.29, 0.717) is 5.56 Å². The minimum atomic E-state index is -3.44. The number of nitrogens with two attached hydrogens (primary N) is 1. The molecule has 0 fully saturated rings. The summed E-state index contributed by atoms with van der Waals surface area (Å²) in [6, 6.07) is 8.06. The van der Waals surface area contributed by atoms with Gasteiger partial charge in [-0.15, -0.1) is 4.36 Å². The fourth-order valence-electron chi connectivity index (χ4n) is 4.33. The molecule has 0 unspecified atom stereocenters. The SMILES string of the molecule is CC(C)(O)c1cccc([S@@](N)(=O)=NC(=O)Nc2c3c(cc4c2CCC4)CCC3)c1. The number of fused-ring (bicyclic) bond motifs is 2. The molecule has 0 spiro atoms. The maximum absolute atomic E-state index is 13.0. The second-order valence-corrected chi connectivity index (χ2v) is 10.2. The van der Waals surface area contributed by atoms with Gasteiger partial charge in [0, 0.05) is 5.69 Å². The predicted octanol–water partition coefficient (Wildman–Crippen LogP) is 3.82. The molecule has 0 aliphatic heterocycles. The number of carbonyl (C=O) groups is 1. The molecule has 0 saturated heterocycles. The molecule has 0 radical (unpaired) electrons. The van der Waals surface area contributed by atoms with E-state index < -0.39 is 21.5 Å². The van der Waals surface area contributed by atoms with E-state index in [-0.39, 0.29) is 4.90 Å². The van der Waals surface area contributed by atoms with E-state index in [0.717, 1.165) is 44.2 Å². The minimum absolute atomic E-state index is 0.218. The van der Waals surface area contributed by atoms with E-state index >= 15 is 0 Å². The van der Waals surface area contributed by atoms with Gasteiger partial charge in [0.1, 0.15) is 9.92 Å². The van der Waals surface area contributed by atoms with Crippen LogP contribution in [-0.2, 0) is 41.2 Å². The Kier molecular flexibility index (Phi) is 5.01. The minimum Gasteiger partial charge on any atom is -0.386 e. The molecule has 29 heavy (non-hydrogen) atoms. The van der Waals surface area contributed by atoms with Gasteiger partial charge in [-0.25, -0.2) is 14.1 Å². The first-order chi connectivity index (χ1) is 13.6. The van der Waals surface area contributed by atoms with E-state index in [4.69, 9.17) is 5.14 Å². The van der Waals surface area contributed by atoms with Crippen LogP contribution in [0.3, 0.4) is 0 Å². The second kappa shape index (κ2) is 7.23. The summed E-state index contributed by atoms with van der Waals surface area (Å²) in [5.74, 6) is 0. The monoisotopic (exact) mass is 413 g/mol. The van der Waals surface area contributed by atoms with E-state index in [1.807, 2.05) is 0 Å². The van der Waals surface area contributed by atoms with Gasteiger partial charge in [0.2, 0.25) is 0 Å². The topological polar surface area (TPSA) is 105 Å². The molecule has 2 aliphatic carbocycles. The van der Waals surface area contributed by atoms with Crippen LogP contribution in [0, 0.1) is 0 Å². The molecular formula is C22H27N3O3S. The van der Waals surface area contributed by atoms with Gasteiger partial charge in [0.05, 0.1) is 10.5 Å². The Morgan fingerprint density at radius 3 is 2.31 bits per heavy atom. The van der Waals surface area contributed by atoms with Crippen molar-refractivity contribution in [2.24, 2.45) is 9.50 Å². The first-order valence-corrected chi connectivity index (χ1v) is 11.6. The molecule has 2 amide bonds. The first kappa shape index (κ1) is 20.1. The highest BCUT2D eigenvalue weighted by Crippen LogP contribution is 2.38. The number of aryl methyl sites for hydroxylation is 2. The zero-order valence-electron chi connectivity index (χ0n) is 16.8. The fourth-order valence-corrected chi connectivity index (χ4v) is 5.30. The van der Waals surface area contributed by atoms with Crippen molar-refractivity contribution in [2.75, 3.05) is 5.32 Å². The lowest BCUT2D eigenvalue weighted by atomic mass is 9.99. The maximum Gasteiger partial charge on any atom is 0.354 e. The lowest BCUT2D eigenvalue weighted by molar-refractivity contribution is 0.0784. The molecule has 4 rings (SSSR count). The van der Waals surface area contributed by atoms with E-state index in [1.165, 1.54) is 28.3 Å². The maximum atomic E-state index is 13.0. The van der Waals surface area contributed by atoms with Crippen molar-refractivity contribution in [2.45, 2.75) is 62.9 Å². The highest BCUT2D eigenvalue weighted by atomic mass is 32.2. The number of urea groups is 1. The number of nitrogens with zero attached hydrogens (tertiary/aromatic N) is 1. The zero-order valence-corrected chi connectivity index (χ0v) is 17.6. The Bertz CT molecular complexity index is 1080. The van der Waals surface area contributed by atoms with Crippen LogP contribution < -0.4 is 10.5 Å². The third-order valence-corrected chi connectivity index (χ3v) is 7.17. The molecule has 4 N–H and O–H groups in total. The van der Waals surface area contributed by atoms with Gasteiger partial charge >= 0.3 is 6.03 Å². The van der Waals surface area contributed by atoms with Crippen LogP contribution in [0.25, 0.3) is 0 Å². The Hall–Kier alpha value is -2.22. The van der Waals surface area contributed by atoms with Crippen LogP contribution in [-0.4, -0.2) is 15.3 Å². The van der Waals surface area contributed by atoms with Gasteiger partial charge in [0.15, 0.2) is 0 Å². The molecule has 2 aromatic carbocycles. The Morgan fingerprint density at radius 2 is 1.72 bits per heavy atom. The van der Waals surface area contributed by atoms with Crippen molar-refractivity contribution in [1.82, 2.24) is 0 Å². The van der Waals surface area contributed by atoms with Gasteiger partial charge in [-0.1, -0.05) is 18.2 Å². The summed E-state index contributed by atoms with van der Waals surface area (Å²) >= 11 is 0. The fraction of sp³-hybridized carbons (Fsp3) is 0.409. The molecule has 0 saturated carbocycles. The number of hydrogen-bond acceptors (Lipinski definition) is 3. The van der Waals surface area contributed by atoms with Crippen molar-refractivity contribution in [3.8, 4) is 0 Å². The Morgan fingerprint density at radius 1 is 1.10 bits per heavy atom. The van der Waals surface area contributed by atoms with Crippen LogP contribution in [0.15, 0.2) is 39.6 Å². The third kappa shape index (κ3) is 3.95. The van der Waals surface area contributed by atoms with Crippen LogP contribution in [0.4, 0.5) is 10.5 Å². The molecular weight excluding hydrogens is 386 g/mol. The summed E-state index contributed by atoms with van der Waals surface area (Å²) in [6.45, 7) is 3.26. The number of nitrogens with one attached hydrogen (secondary N) is 1. The van der Waals surface area contributed by atoms with Gasteiger partial charge in [-0.05, 0) is 92.3 Å². The molecule has 0 heterocycles. The van der Waals surface area contributed by atoms with Crippen LogP contribution >= 0.6 is 0 Å². The summed E-state index contributed by atoms with van der Waals surface area (Å²) in [7, 11) is -3.44. The summed E-state index contributed by atoms with van der Waals surface area (Å²) in [5, 5.41) is 19.0. The second-order valence-electron chi connectivity index (χ2n) is 8.41. The molecule has 6 nitrogen and oxygen atoms in total. The molecule has 154 valence electrons. The largest absolute Gasteiger partial charge is 0.386 e. The van der Waals surface area contributed by atoms with E-state index in [9.17, 15) is 14.1 Å². The lowest BCUT2D eigenvalue weighted by Crippen LogP contribution is -2.20. The third-order valence-electron chi connectivity index (χ3n) is 5.80. The molecule has 1 atom stereocenters. The van der Waals surface area contributed by atoms with E-state index in [2.05, 4.69) is 15.7 Å². The number of anilines is 1. The Balaban J connectivity index is 1.67. The normalized spacial score (nSPS) is 17.4. The summed E-state index contributed by atoms with van der Waals surface area (Å²) in [5.41, 5.74) is 5.26. The van der Waals surface area contributed by atoms with Crippen molar-refractivity contribution in [3.63, 3.8) is 0 Å². The van der Waals surface area contributed by atoms with Crippen LogP contribution in [0.1, 0.15) is 54.5 Å². The number of amides is 2. The highest BCUT2D eigenvalue weighted by molar-refractivity contribution is 7.91. The van der Waals surface area contributed by atoms with Crippen LogP contribution in [0.5, 0.6) is 0 Å². The summed E-state index contributed by atoms with van der Waals surface area (Å²) < 4.78 is 16.8. The number of hydrogen-bond donors (Lipinski definition) is 3. The molecule has 0 bridgehead atoms. The highest BCUT2D eigenvalue weighted by Gasteiger charge is 2.25. The average Bonchev–Trinajstić information content (AvgIpc) is 3.29. The Labute approximate surface area is 171 Å². The molecule has 2 aromatic rings. The molecule has 2 aliphatic rings. The number of benzene rings is 2. The average molecular weight is 414 g/mol. The summed E-state index contributed by atoms with van der Waals surface area (Å²) in [6.07, 6.45) is 6.08.